The summed E-state index contributed by atoms with van der Waals surface area (Å²) in [6.07, 6.45) is 5.20. The number of nitrogens with one attached hydrogen (secondary N) is 2. The number of carbonyl (C=O) groups is 3. The summed E-state index contributed by atoms with van der Waals surface area (Å²) in [4.78, 5) is 61.2. The third-order valence-corrected chi connectivity index (χ3v) is 17.2. The standard InChI is InChI=1S/C54H75N9O8S/c1-33-34(2)45(33)50(64)57-47-49(61-19-24-69-25-20-61)51-56-43(31-72-51)36-10-11-44-39(27-36)41(29-54(4,5)32-71-53(66)42-9-8-14-63(58-42)52(47)65)48(62(44)21-26-70-38-12-22-68-23-13-38)40-28-37(30-55-46(40)35(3)67-7)60-17-15-59(6)16-18-60/h10-11,27-28,30-31,33-35,38,42,45,47,49,58H,8-9,12-26,29,32H2,1-7H3,(H,57,64)/t33-,34+,35-,42-,45+,47-,49-/m0/s1. The van der Waals surface area contributed by atoms with E-state index < -0.39 is 29.5 Å². The molecule has 5 fully saturated rings. The Balaban J connectivity index is 1.14. The number of amides is 2. The van der Waals surface area contributed by atoms with E-state index in [1.165, 1.54) is 11.3 Å². The Morgan fingerprint density at radius 3 is 2.47 bits per heavy atom. The molecule has 2 N–H and O–H groups in total. The number of piperazine rings is 1. The van der Waals surface area contributed by atoms with Crippen molar-refractivity contribution in [2.75, 3.05) is 105 Å². The molecule has 2 amide bonds. The molecule has 10 rings (SSSR count). The van der Waals surface area contributed by atoms with Crippen molar-refractivity contribution in [3.05, 3.63) is 52.1 Å². The maximum Gasteiger partial charge on any atom is 0.324 e. The topological polar surface area (TPSA) is 165 Å². The number of hydrogen-bond acceptors (Lipinski definition) is 15. The Labute approximate surface area is 428 Å². The second-order valence-corrected chi connectivity index (χ2v) is 22.7. The van der Waals surface area contributed by atoms with E-state index >= 15 is 4.79 Å². The van der Waals surface area contributed by atoms with Gasteiger partial charge in [0.2, 0.25) is 5.91 Å². The number of methoxy groups -OCH3 is 1. The zero-order valence-corrected chi connectivity index (χ0v) is 44.1. The molecule has 0 spiro atoms. The highest BCUT2D eigenvalue weighted by atomic mass is 32.1. The van der Waals surface area contributed by atoms with E-state index in [-0.39, 0.29) is 48.4 Å². The van der Waals surface area contributed by atoms with Crippen LogP contribution in [0.25, 0.3) is 33.4 Å². The molecule has 3 aromatic heterocycles. The highest BCUT2D eigenvalue weighted by molar-refractivity contribution is 7.10. The largest absolute Gasteiger partial charge is 0.464 e. The number of esters is 1. The van der Waals surface area contributed by atoms with Crippen LogP contribution in [0.5, 0.6) is 0 Å². The van der Waals surface area contributed by atoms with Crippen LogP contribution in [0.4, 0.5) is 5.69 Å². The molecule has 8 heterocycles. The lowest BCUT2D eigenvalue weighted by molar-refractivity contribution is -0.156. The van der Waals surface area contributed by atoms with E-state index in [4.69, 9.17) is 33.7 Å². The number of nitrogens with zero attached hydrogens (tertiary/aromatic N) is 7. The van der Waals surface area contributed by atoms with Crippen LogP contribution in [0.2, 0.25) is 0 Å². The highest BCUT2D eigenvalue weighted by Crippen LogP contribution is 2.47. The van der Waals surface area contributed by atoms with Crippen LogP contribution in [0.1, 0.15) is 88.7 Å². The number of morpholine rings is 1. The molecule has 390 valence electrons. The fourth-order valence-electron chi connectivity index (χ4n) is 11.5. The third kappa shape index (κ3) is 10.7. The van der Waals surface area contributed by atoms with Gasteiger partial charge in [-0.2, -0.15) is 0 Å². The number of anilines is 1. The number of benzene rings is 1. The van der Waals surface area contributed by atoms with Gasteiger partial charge in [-0.3, -0.25) is 29.3 Å². The summed E-state index contributed by atoms with van der Waals surface area (Å²) in [5.41, 5.74) is 10.6. The summed E-state index contributed by atoms with van der Waals surface area (Å²) in [6, 6.07) is 6.60. The predicted molar refractivity (Wildman–Crippen MR) is 276 cm³/mol. The van der Waals surface area contributed by atoms with E-state index in [0.29, 0.717) is 78.5 Å². The smallest absolute Gasteiger partial charge is 0.324 e. The molecule has 18 heteroatoms. The first-order valence-electron chi connectivity index (χ1n) is 26.4. The second kappa shape index (κ2) is 21.7. The maximum atomic E-state index is 15.1. The molecule has 1 aliphatic carbocycles. The first-order chi connectivity index (χ1) is 34.8. The predicted octanol–water partition coefficient (Wildman–Crippen LogP) is 5.86. The van der Waals surface area contributed by atoms with Crippen molar-refractivity contribution < 1.29 is 38.1 Å². The van der Waals surface area contributed by atoms with Crippen molar-refractivity contribution >= 4 is 45.7 Å². The van der Waals surface area contributed by atoms with Crippen molar-refractivity contribution in [2.45, 2.75) is 104 Å². The second-order valence-electron chi connectivity index (χ2n) is 21.8. The van der Waals surface area contributed by atoms with Crippen molar-refractivity contribution in [1.29, 1.82) is 0 Å². The van der Waals surface area contributed by atoms with E-state index in [1.54, 1.807) is 12.1 Å². The van der Waals surface area contributed by atoms with Gasteiger partial charge in [-0.25, -0.2) is 10.4 Å². The summed E-state index contributed by atoms with van der Waals surface area (Å²) in [7, 11) is 3.90. The van der Waals surface area contributed by atoms with E-state index in [1.807, 2.05) is 6.20 Å². The van der Waals surface area contributed by atoms with Gasteiger partial charge >= 0.3 is 5.97 Å². The fourth-order valence-corrected chi connectivity index (χ4v) is 12.5. The Hall–Kier alpha value is -4.53. The third-order valence-electron chi connectivity index (χ3n) is 16.3. The van der Waals surface area contributed by atoms with Gasteiger partial charge in [0.15, 0.2) is 0 Å². The van der Waals surface area contributed by atoms with Gasteiger partial charge < -0.3 is 43.4 Å². The normalized spacial score (nSPS) is 27.4. The molecule has 0 radical (unpaired) electrons. The quantitative estimate of drug-likeness (QED) is 0.172. The Bertz CT molecular complexity index is 2570. The SMILES string of the molecule is CO[C@@H](C)c1ncc(N2CCN(C)CC2)cc1-c1c2c3cc(ccc3n1CCOC1CCOCC1)-c1csc(n1)[C@@H](N1CCOCC1)[C@H](NC(=O)[C@H]1[C@H](C)[C@@H]1C)C(=O)N1CCC[C@H](N1)C(=O)OCC(C)(C)C2. The summed E-state index contributed by atoms with van der Waals surface area (Å²) < 4.78 is 33.0. The Kier molecular flexibility index (Phi) is 15.4. The van der Waals surface area contributed by atoms with Crippen LogP contribution in [-0.4, -0.2) is 165 Å². The number of carbonyl (C=O) groups excluding carboxylic acids is 3. The zero-order valence-electron chi connectivity index (χ0n) is 43.3. The number of rotatable bonds is 11. The van der Waals surface area contributed by atoms with E-state index in [0.717, 1.165) is 94.4 Å². The molecular formula is C54H75N9O8S. The van der Waals surface area contributed by atoms with Crippen LogP contribution >= 0.6 is 11.3 Å². The number of aromatic nitrogens is 3. The first kappa shape index (κ1) is 51.0. The van der Waals surface area contributed by atoms with Gasteiger partial charge in [0.05, 0.1) is 73.6 Å². The number of thiazole rings is 1. The van der Waals surface area contributed by atoms with E-state index in [2.05, 4.69) is 101 Å². The molecular weight excluding hydrogens is 935 g/mol. The van der Waals surface area contributed by atoms with Crippen LogP contribution < -0.4 is 15.6 Å². The van der Waals surface area contributed by atoms with Gasteiger partial charge in [-0.1, -0.05) is 33.8 Å². The van der Waals surface area contributed by atoms with Crippen molar-refractivity contribution in [3.63, 3.8) is 0 Å². The van der Waals surface area contributed by atoms with Crippen LogP contribution in [0.15, 0.2) is 35.8 Å². The lowest BCUT2D eigenvalue weighted by Gasteiger charge is -2.41. The van der Waals surface area contributed by atoms with E-state index in [9.17, 15) is 9.59 Å². The molecule has 5 aliphatic heterocycles. The summed E-state index contributed by atoms with van der Waals surface area (Å²) in [5.74, 6) is -0.603. The molecule has 1 saturated carbocycles. The molecule has 7 atom stereocenters. The number of hydrogen-bond donors (Lipinski definition) is 2. The average molecular weight is 1010 g/mol. The lowest BCUT2D eigenvalue weighted by atomic mass is 9.84. The molecule has 6 bridgehead atoms. The molecule has 1 aromatic carbocycles. The monoisotopic (exact) mass is 1010 g/mol. The number of ether oxygens (including phenoxy) is 5. The first-order valence-corrected chi connectivity index (χ1v) is 27.3. The highest BCUT2D eigenvalue weighted by Gasteiger charge is 2.51. The molecule has 72 heavy (non-hydrogen) atoms. The summed E-state index contributed by atoms with van der Waals surface area (Å²) >= 11 is 1.51. The van der Waals surface area contributed by atoms with Gasteiger partial charge in [-0.05, 0) is 81.7 Å². The minimum atomic E-state index is -0.984. The van der Waals surface area contributed by atoms with Gasteiger partial charge in [0.1, 0.15) is 17.1 Å². The van der Waals surface area contributed by atoms with Crippen molar-refractivity contribution in [2.24, 2.45) is 23.2 Å². The number of pyridine rings is 1. The number of hydrazine groups is 1. The minimum absolute atomic E-state index is 0.126. The number of likely N-dealkylation sites (N-methyl/N-ethyl adjacent to an activating group) is 1. The fraction of sp³-hybridized carbons (Fsp3) is 0.648. The lowest BCUT2D eigenvalue weighted by Crippen LogP contribution is -2.63. The van der Waals surface area contributed by atoms with Crippen LogP contribution in [-0.2, 0) is 51.0 Å². The van der Waals surface area contributed by atoms with Gasteiger partial charge in [-0.15, -0.1) is 11.3 Å². The molecule has 6 aliphatic rings. The zero-order chi connectivity index (χ0) is 50.3. The molecule has 0 unspecified atom stereocenters. The van der Waals surface area contributed by atoms with Crippen LogP contribution in [0, 0.1) is 23.2 Å². The number of fused-ring (bicyclic) bond motifs is 6. The van der Waals surface area contributed by atoms with Crippen LogP contribution in [0.3, 0.4) is 0 Å². The number of cyclic esters (lactones) is 1. The average Bonchev–Trinajstić information content (AvgIpc) is 3.64. The van der Waals surface area contributed by atoms with Crippen molar-refractivity contribution in [1.82, 2.24) is 40.1 Å². The van der Waals surface area contributed by atoms with Gasteiger partial charge in [0.25, 0.3) is 5.91 Å². The molecule has 4 saturated heterocycles. The van der Waals surface area contributed by atoms with Gasteiger partial charge in [0, 0.05) is 111 Å². The van der Waals surface area contributed by atoms with Crippen molar-refractivity contribution in [3.8, 4) is 22.5 Å². The summed E-state index contributed by atoms with van der Waals surface area (Å²) in [5, 5.41) is 8.68. The minimum Gasteiger partial charge on any atom is -0.464 e. The Morgan fingerprint density at radius 2 is 1.74 bits per heavy atom. The molecule has 4 aromatic rings. The molecule has 17 nitrogen and oxygen atoms in total. The summed E-state index contributed by atoms with van der Waals surface area (Å²) in [6.45, 7) is 19.3. The maximum absolute atomic E-state index is 15.1. The Morgan fingerprint density at radius 1 is 0.986 bits per heavy atom.